The van der Waals surface area contributed by atoms with Crippen molar-refractivity contribution >= 4 is 163 Å². The number of amides is 4. The van der Waals surface area contributed by atoms with Gasteiger partial charge in [0, 0.05) is 42.5 Å². The Labute approximate surface area is 460 Å². The second kappa shape index (κ2) is 19.5. The summed E-state index contributed by atoms with van der Waals surface area (Å²) < 4.78 is 237. The Morgan fingerprint density at radius 1 is 0.542 bits per heavy atom. The van der Waals surface area contributed by atoms with E-state index in [9.17, 15) is 107 Å². The van der Waals surface area contributed by atoms with Crippen LogP contribution in [0.25, 0.3) is 61.1 Å². The van der Waals surface area contributed by atoms with E-state index in [-0.39, 0.29) is 47.9 Å². The Morgan fingerprint density at radius 3 is 1.48 bits per heavy atom. The van der Waals surface area contributed by atoms with Crippen molar-refractivity contribution in [1.82, 2.24) is 10.1 Å². The van der Waals surface area contributed by atoms with Crippen molar-refractivity contribution in [2.75, 3.05) is 11.4 Å². The molecule has 3 aliphatic rings. The van der Waals surface area contributed by atoms with Crippen molar-refractivity contribution in [3.63, 3.8) is 0 Å². The van der Waals surface area contributed by atoms with Crippen LogP contribution in [0, 0.1) is 0 Å². The van der Waals surface area contributed by atoms with Gasteiger partial charge in [-0.1, -0.05) is 18.2 Å². The molecule has 4 aromatic carbocycles. The first-order valence-corrected chi connectivity index (χ1v) is 31.0. The molecule has 3 aromatic heterocycles. The maximum atomic E-state index is 13.4. The highest BCUT2D eigenvalue weighted by Crippen LogP contribution is 2.51. The van der Waals surface area contributed by atoms with E-state index in [4.69, 9.17) is 27.7 Å². The quantitative estimate of drug-likeness (QED) is 0.0367. The van der Waals surface area contributed by atoms with Crippen molar-refractivity contribution in [2.24, 2.45) is 0 Å². The van der Waals surface area contributed by atoms with E-state index in [1.54, 1.807) is 0 Å². The van der Waals surface area contributed by atoms with Crippen LogP contribution in [0.4, 0.5) is 5.69 Å². The number of hydrogen-bond donors (Lipinski definition) is 6. The van der Waals surface area contributed by atoms with Gasteiger partial charge in [-0.25, -0.2) is 9.59 Å². The topological polar surface area (TPSA) is 509 Å². The van der Waals surface area contributed by atoms with Gasteiger partial charge in [0.25, 0.3) is 96.4 Å². The number of aromatic nitrogens is 1. The third-order valence-electron chi connectivity index (χ3n) is 12.2. The van der Waals surface area contributed by atoms with Gasteiger partial charge in [0.2, 0.25) is 11.5 Å². The molecule has 0 aliphatic carbocycles. The number of oxazole rings is 1. The van der Waals surface area contributed by atoms with Crippen LogP contribution in [0.5, 0.6) is 5.75 Å². The highest BCUT2D eigenvalue weighted by molar-refractivity contribution is 7.87. The molecule has 10 rings (SSSR count). The van der Waals surface area contributed by atoms with Crippen molar-refractivity contribution in [2.45, 2.75) is 61.6 Å². The number of anilines is 1. The van der Waals surface area contributed by atoms with Crippen LogP contribution in [0.15, 0.2) is 109 Å². The number of ether oxygens (including phenoxy) is 1. The smallest absolute Gasteiger partial charge is 0.398 e. The molecule has 6 N–H and O–H groups in total. The van der Waals surface area contributed by atoms with Crippen molar-refractivity contribution in [1.29, 1.82) is 0 Å². The van der Waals surface area contributed by atoms with Crippen LogP contribution in [-0.2, 0) is 106 Å². The van der Waals surface area contributed by atoms with E-state index in [1.165, 1.54) is 0 Å². The number of hydrogen-bond acceptors (Lipinski definition) is 25. The first-order chi connectivity index (χ1) is 38.4. The summed E-state index contributed by atoms with van der Waals surface area (Å²) in [6.45, 7) is -2.24. The minimum absolute atomic E-state index is 0.136. The number of carbonyl (C=O) groups is 6. The summed E-state index contributed by atoms with van der Waals surface area (Å²) in [5.74, 6) is -8.72. The van der Waals surface area contributed by atoms with Crippen LogP contribution in [0.1, 0.15) is 31.6 Å². The number of benzene rings is 4. The molecular formula is C43H29N4O30S6+. The summed E-state index contributed by atoms with van der Waals surface area (Å²) in [7, 11) is -33.0. The summed E-state index contributed by atoms with van der Waals surface area (Å²) in [4.78, 5) is 79.3. The molecule has 2 saturated heterocycles. The molecule has 40 heteroatoms. The van der Waals surface area contributed by atoms with Gasteiger partial charge in [-0.15, -0.1) is 14.7 Å². The second-order valence-electron chi connectivity index (χ2n) is 17.6. The van der Waals surface area contributed by atoms with E-state index >= 15 is 0 Å². The van der Waals surface area contributed by atoms with E-state index in [1.807, 2.05) is 0 Å². The number of hydroxylamine groups is 4. The van der Waals surface area contributed by atoms with Crippen LogP contribution >= 0.6 is 0 Å². The molecule has 0 unspecified atom stereocenters. The zero-order valence-corrected chi connectivity index (χ0v) is 45.2. The summed E-state index contributed by atoms with van der Waals surface area (Å²) in [6, 6.07) is 3.29. The Kier molecular flexibility index (Phi) is 13.6. The molecule has 6 heterocycles. The lowest BCUT2D eigenvalue weighted by Crippen LogP contribution is -2.43. The van der Waals surface area contributed by atoms with E-state index < -0.39 is 217 Å². The molecule has 0 atom stereocenters. The molecule has 4 amide bonds. The van der Waals surface area contributed by atoms with Gasteiger partial charge in [0.1, 0.15) is 27.5 Å². The molecule has 0 saturated carbocycles. The molecule has 0 bridgehead atoms. The highest BCUT2D eigenvalue weighted by Gasteiger charge is 2.42. The van der Waals surface area contributed by atoms with E-state index in [2.05, 4.69) is 0 Å². The van der Waals surface area contributed by atoms with Gasteiger partial charge >= 0.3 is 17.8 Å². The summed E-state index contributed by atoms with van der Waals surface area (Å²) in [5.41, 5.74) is -5.31. The molecular weight excluding hydrogens is 1240 g/mol. The zero-order valence-electron chi connectivity index (χ0n) is 40.3. The third kappa shape index (κ3) is 10.4. The Balaban J connectivity index is 1.12. The SMILES string of the molecule is O=C(CN1/C(=C/C=C/C=C/c2oc3c(S(=O)(=O)O)c4c(cc3[n+]2CC(=O)ON2C(=O)CCC2=O)oc2c(S(=O)(=O)O)cc(S(=O)(=O)O)cc24)Oc2c1cc1oc3c(S(=O)(=O)O)cc(S(=O)(=O)O)cc3c1c2S(=O)(=O)O)ON1C(=O)CCC1=O. The first kappa shape index (κ1) is 57.7. The fraction of sp³-hybridized carbons (Fsp3) is 0.140. The first-order valence-electron chi connectivity index (χ1n) is 22.4. The van der Waals surface area contributed by atoms with Crippen molar-refractivity contribution < 1.29 is 139 Å². The van der Waals surface area contributed by atoms with E-state index in [0.29, 0.717) is 12.1 Å². The average Bonchev–Trinajstić information content (AvgIpc) is 2.12. The zero-order chi connectivity index (χ0) is 60.6. The predicted molar refractivity (Wildman–Crippen MR) is 265 cm³/mol. The number of fused-ring (bicyclic) bond motifs is 8. The van der Waals surface area contributed by atoms with Gasteiger partial charge in [-0.2, -0.15) is 50.5 Å². The van der Waals surface area contributed by atoms with Gasteiger partial charge < -0.3 is 27.7 Å². The largest absolute Gasteiger partial charge is 0.454 e. The minimum atomic E-state index is -5.68. The predicted octanol–water partition coefficient (Wildman–Crippen LogP) is 1.52. The molecule has 436 valence electrons. The van der Waals surface area contributed by atoms with Crippen molar-refractivity contribution in [3.8, 4) is 5.75 Å². The van der Waals surface area contributed by atoms with Gasteiger partial charge in [-0.3, -0.25) is 51.4 Å². The summed E-state index contributed by atoms with van der Waals surface area (Å²) in [6.07, 6.45) is 3.64. The number of imide groups is 2. The van der Waals surface area contributed by atoms with Gasteiger partial charge in [0.15, 0.2) is 26.7 Å². The molecule has 2 fully saturated rings. The number of carbonyl (C=O) groups excluding carboxylic acids is 6. The lowest BCUT2D eigenvalue weighted by Gasteiger charge is -2.19. The summed E-state index contributed by atoms with van der Waals surface area (Å²) >= 11 is 0. The Hall–Kier alpha value is -8.55. The normalized spacial score (nSPS) is 16.5. The fourth-order valence-corrected chi connectivity index (χ4v) is 13.1. The lowest BCUT2D eigenvalue weighted by atomic mass is 10.1. The maximum Gasteiger partial charge on any atom is 0.398 e. The average molecular weight is 1270 g/mol. The number of furan rings is 2. The number of allylic oxidation sites excluding steroid dienone is 4. The third-order valence-corrected chi connectivity index (χ3v) is 17.4. The van der Waals surface area contributed by atoms with Gasteiger partial charge in [-0.05, 0) is 30.3 Å². The fourth-order valence-electron chi connectivity index (χ4n) is 8.91. The standard InChI is InChI=1S/C43H28N4O30S6/c48-28-6-7-29(49)46(28)76-34(52)16-44-22-14-24-36(20-10-18(78(54,55)56)12-26(38(20)72-24)80(60,61)62)42(82(66,67)68)40(22)74-32(44)4-2-1-3-5-33-45(17-35(53)77-47-30(50)8-9-31(47)51)23-15-25-37(43(41(23)75-33)83(69,70)71)21-11-19(79(57,58)59)13-27(39(21)73-25)81(63,64)65/h1-5,10-15H,6-9,16-17H2,(H5-,54,55,56,57,58,59,60,61,62,63,64,65,66,67,68,69,70,71)/p+1. The van der Waals surface area contributed by atoms with Crippen LogP contribution in [-0.4, -0.2) is 130 Å². The van der Waals surface area contributed by atoms with Crippen LogP contribution in [0.2, 0.25) is 0 Å². The van der Waals surface area contributed by atoms with Crippen LogP contribution in [0.3, 0.4) is 0 Å². The van der Waals surface area contributed by atoms with Crippen LogP contribution < -0.4 is 14.2 Å². The highest BCUT2D eigenvalue weighted by atomic mass is 32.2. The number of nitrogens with zero attached hydrogens (tertiary/aromatic N) is 4. The molecule has 3 aliphatic heterocycles. The van der Waals surface area contributed by atoms with Gasteiger partial charge in [0.05, 0.1) is 38.4 Å². The minimum Gasteiger partial charge on any atom is -0.454 e. The monoisotopic (exact) mass is 1270 g/mol. The Morgan fingerprint density at radius 2 is 1.01 bits per heavy atom. The molecule has 83 heavy (non-hydrogen) atoms. The lowest BCUT2D eigenvalue weighted by molar-refractivity contribution is -0.667. The second-order valence-corrected chi connectivity index (χ2v) is 25.9. The van der Waals surface area contributed by atoms with Crippen molar-refractivity contribution in [3.05, 3.63) is 72.5 Å². The summed E-state index contributed by atoms with van der Waals surface area (Å²) in [5, 5.41) is -2.93. The molecule has 34 nitrogen and oxygen atoms in total. The molecule has 7 aromatic rings. The molecule has 0 radical (unpaired) electrons. The molecule has 0 spiro atoms. The number of rotatable bonds is 15. The van der Waals surface area contributed by atoms with E-state index in [0.717, 1.165) is 52.0 Å². The Bertz CT molecular complexity index is 5000. The maximum absolute atomic E-state index is 13.4.